The van der Waals surface area contributed by atoms with Gasteiger partial charge in [0.05, 0.1) is 0 Å². The molecule has 0 heterocycles. The van der Waals surface area contributed by atoms with Gasteiger partial charge >= 0.3 is 0 Å². The molecule has 1 aromatic carbocycles. The molecule has 1 aromatic rings. The third-order valence-electron chi connectivity index (χ3n) is 1.52. The number of alkyl halides is 2. The zero-order valence-corrected chi connectivity index (χ0v) is 9.22. The number of hydrogen-bond acceptors (Lipinski definition) is 1. The number of aryl methyl sites for hydroxylation is 1. The molecule has 0 aromatic heterocycles. The van der Waals surface area contributed by atoms with Crippen molar-refractivity contribution >= 4 is 22.6 Å². The molecule has 0 aliphatic heterocycles. The molecule has 1 rings (SSSR count). The van der Waals surface area contributed by atoms with Crippen molar-refractivity contribution in [1.82, 2.24) is 0 Å². The van der Waals surface area contributed by atoms with Crippen LogP contribution in [-0.2, 0) is 0 Å². The first kappa shape index (κ1) is 10.7. The minimum absolute atomic E-state index is 0.534. The van der Waals surface area contributed by atoms with Crippen LogP contribution in [0.1, 0.15) is 5.56 Å². The van der Waals surface area contributed by atoms with E-state index in [0.717, 1.165) is 9.13 Å². The molecule has 0 amide bonds. The molecule has 0 saturated heterocycles. The molecule has 0 radical (unpaired) electrons. The zero-order chi connectivity index (χ0) is 9.84. The Bertz CT molecular complexity index is 289. The van der Waals surface area contributed by atoms with Gasteiger partial charge in [-0.1, -0.05) is 6.07 Å². The lowest BCUT2D eigenvalue weighted by Crippen LogP contribution is -2.07. The van der Waals surface area contributed by atoms with Crippen molar-refractivity contribution < 1.29 is 13.5 Å². The molecular weight excluding hydrogens is 289 g/mol. The first-order valence-corrected chi connectivity index (χ1v) is 4.84. The van der Waals surface area contributed by atoms with Gasteiger partial charge in [0.1, 0.15) is 12.4 Å². The topological polar surface area (TPSA) is 9.23 Å². The van der Waals surface area contributed by atoms with E-state index >= 15 is 0 Å². The van der Waals surface area contributed by atoms with Crippen molar-refractivity contribution in [3.05, 3.63) is 27.3 Å². The monoisotopic (exact) mass is 298 g/mol. The summed E-state index contributed by atoms with van der Waals surface area (Å²) in [4.78, 5) is 0. The van der Waals surface area contributed by atoms with Gasteiger partial charge in [0.25, 0.3) is 6.43 Å². The molecular formula is C9H9F2IO. The molecule has 0 N–H and O–H groups in total. The number of benzene rings is 1. The van der Waals surface area contributed by atoms with Gasteiger partial charge < -0.3 is 4.74 Å². The van der Waals surface area contributed by atoms with Gasteiger partial charge in [0, 0.05) is 3.57 Å². The summed E-state index contributed by atoms with van der Waals surface area (Å²) in [6.07, 6.45) is -2.42. The van der Waals surface area contributed by atoms with Crippen LogP contribution in [0.5, 0.6) is 5.75 Å². The third kappa shape index (κ3) is 3.46. The predicted molar refractivity (Wildman–Crippen MR) is 55.4 cm³/mol. The molecule has 1 nitrogen and oxygen atoms in total. The predicted octanol–water partition coefficient (Wildman–Crippen LogP) is 3.24. The second-order valence-electron chi connectivity index (χ2n) is 2.61. The van der Waals surface area contributed by atoms with E-state index in [4.69, 9.17) is 4.74 Å². The summed E-state index contributed by atoms with van der Waals surface area (Å²) in [5, 5.41) is 0. The molecule has 4 heteroatoms. The fourth-order valence-corrected chi connectivity index (χ4v) is 1.34. The SMILES string of the molecule is Cc1ccc(I)cc1OCC(F)F. The molecule has 0 fully saturated rings. The minimum Gasteiger partial charge on any atom is -0.487 e. The first-order chi connectivity index (χ1) is 6.09. The van der Waals surface area contributed by atoms with Crippen LogP contribution in [0.2, 0.25) is 0 Å². The fourth-order valence-electron chi connectivity index (χ4n) is 0.882. The Kier molecular flexibility index (Phi) is 3.90. The summed E-state index contributed by atoms with van der Waals surface area (Å²) in [6.45, 7) is 1.29. The van der Waals surface area contributed by atoms with E-state index in [1.807, 2.05) is 19.1 Å². The molecule has 0 saturated carbocycles. The second kappa shape index (κ2) is 4.74. The van der Waals surface area contributed by atoms with Crippen LogP contribution < -0.4 is 4.74 Å². The summed E-state index contributed by atoms with van der Waals surface area (Å²) in [7, 11) is 0. The molecule has 0 aliphatic carbocycles. The smallest absolute Gasteiger partial charge is 0.272 e. The second-order valence-corrected chi connectivity index (χ2v) is 3.86. The highest BCUT2D eigenvalue weighted by Crippen LogP contribution is 2.20. The van der Waals surface area contributed by atoms with Gasteiger partial charge in [0.15, 0.2) is 0 Å². The molecule has 72 valence electrons. The van der Waals surface area contributed by atoms with Crippen LogP contribution in [-0.4, -0.2) is 13.0 Å². The zero-order valence-electron chi connectivity index (χ0n) is 7.06. The lowest BCUT2D eigenvalue weighted by molar-refractivity contribution is 0.0815. The van der Waals surface area contributed by atoms with E-state index in [1.54, 1.807) is 6.07 Å². The highest BCUT2D eigenvalue weighted by molar-refractivity contribution is 14.1. The number of halogens is 3. The Balaban J connectivity index is 2.70. The van der Waals surface area contributed by atoms with Crippen molar-refractivity contribution in [3.8, 4) is 5.75 Å². The van der Waals surface area contributed by atoms with Crippen LogP contribution >= 0.6 is 22.6 Å². The van der Waals surface area contributed by atoms with Crippen LogP contribution in [0.25, 0.3) is 0 Å². The minimum atomic E-state index is -2.42. The van der Waals surface area contributed by atoms with Crippen LogP contribution in [0.4, 0.5) is 8.78 Å². The third-order valence-corrected chi connectivity index (χ3v) is 2.19. The van der Waals surface area contributed by atoms with Gasteiger partial charge in [-0.25, -0.2) is 8.78 Å². The maximum atomic E-state index is 11.8. The Morgan fingerprint density at radius 2 is 2.15 bits per heavy atom. The Morgan fingerprint density at radius 3 is 2.77 bits per heavy atom. The molecule has 13 heavy (non-hydrogen) atoms. The lowest BCUT2D eigenvalue weighted by Gasteiger charge is -2.08. The quantitative estimate of drug-likeness (QED) is 0.778. The Labute approximate surface area is 89.2 Å². The average Bonchev–Trinajstić information content (AvgIpc) is 2.06. The number of ether oxygens (including phenoxy) is 1. The van der Waals surface area contributed by atoms with E-state index in [9.17, 15) is 8.78 Å². The maximum Gasteiger partial charge on any atom is 0.272 e. The van der Waals surface area contributed by atoms with E-state index in [2.05, 4.69) is 22.6 Å². The van der Waals surface area contributed by atoms with Crippen LogP contribution in [0.15, 0.2) is 18.2 Å². The Hall–Kier alpha value is -0.390. The van der Waals surface area contributed by atoms with E-state index in [1.165, 1.54) is 0 Å². The largest absolute Gasteiger partial charge is 0.487 e. The molecule has 0 atom stereocenters. The summed E-state index contributed by atoms with van der Waals surface area (Å²) >= 11 is 2.11. The summed E-state index contributed by atoms with van der Waals surface area (Å²) in [6, 6.07) is 5.51. The van der Waals surface area contributed by atoms with Crippen LogP contribution in [0.3, 0.4) is 0 Å². The molecule has 0 unspecified atom stereocenters. The fraction of sp³-hybridized carbons (Fsp3) is 0.333. The van der Waals surface area contributed by atoms with Gasteiger partial charge in [0.2, 0.25) is 0 Å². The van der Waals surface area contributed by atoms with Crippen LogP contribution in [0, 0.1) is 10.5 Å². The number of rotatable bonds is 3. The molecule has 0 spiro atoms. The van der Waals surface area contributed by atoms with Crippen molar-refractivity contribution in [2.24, 2.45) is 0 Å². The van der Waals surface area contributed by atoms with E-state index in [0.29, 0.717) is 5.75 Å². The molecule has 0 bridgehead atoms. The summed E-state index contributed by atoms with van der Waals surface area (Å²) in [5.41, 5.74) is 0.876. The highest BCUT2D eigenvalue weighted by Gasteiger charge is 2.05. The standard InChI is InChI=1S/C9H9F2IO/c1-6-2-3-7(12)4-8(6)13-5-9(10)11/h2-4,9H,5H2,1H3. The van der Waals surface area contributed by atoms with Gasteiger partial charge in [-0.05, 0) is 47.2 Å². The average molecular weight is 298 g/mol. The van der Waals surface area contributed by atoms with Crippen molar-refractivity contribution in [2.75, 3.05) is 6.61 Å². The highest BCUT2D eigenvalue weighted by atomic mass is 127. The van der Waals surface area contributed by atoms with E-state index < -0.39 is 13.0 Å². The van der Waals surface area contributed by atoms with Gasteiger partial charge in [-0.15, -0.1) is 0 Å². The van der Waals surface area contributed by atoms with Crippen molar-refractivity contribution in [1.29, 1.82) is 0 Å². The summed E-state index contributed by atoms with van der Waals surface area (Å²) < 4.78 is 29.6. The van der Waals surface area contributed by atoms with Crippen molar-refractivity contribution in [2.45, 2.75) is 13.3 Å². The lowest BCUT2D eigenvalue weighted by atomic mass is 10.2. The van der Waals surface area contributed by atoms with E-state index in [-0.39, 0.29) is 0 Å². The van der Waals surface area contributed by atoms with Gasteiger partial charge in [-0.3, -0.25) is 0 Å². The molecule has 0 aliphatic rings. The summed E-state index contributed by atoms with van der Waals surface area (Å²) in [5.74, 6) is 0.534. The maximum absolute atomic E-state index is 11.8. The van der Waals surface area contributed by atoms with Crippen molar-refractivity contribution in [3.63, 3.8) is 0 Å². The normalized spacial score (nSPS) is 10.5. The number of hydrogen-bond donors (Lipinski definition) is 0. The van der Waals surface area contributed by atoms with Gasteiger partial charge in [-0.2, -0.15) is 0 Å². The Morgan fingerprint density at radius 1 is 1.46 bits per heavy atom. The first-order valence-electron chi connectivity index (χ1n) is 3.76.